The fourth-order valence-electron chi connectivity index (χ4n) is 2.79. The summed E-state index contributed by atoms with van der Waals surface area (Å²) in [5.74, 6) is -1.60. The predicted octanol–water partition coefficient (Wildman–Crippen LogP) is 3.73. The topological polar surface area (TPSA) is 84.5 Å². The molecule has 6 heteroatoms. The van der Waals surface area contributed by atoms with Crippen molar-refractivity contribution in [1.82, 2.24) is 5.32 Å². The van der Waals surface area contributed by atoms with Gasteiger partial charge in [0.25, 0.3) is 11.8 Å². The van der Waals surface area contributed by atoms with E-state index in [4.69, 9.17) is 4.74 Å². The van der Waals surface area contributed by atoms with Crippen molar-refractivity contribution >= 4 is 23.5 Å². The van der Waals surface area contributed by atoms with Crippen LogP contribution in [0.15, 0.2) is 91.0 Å². The maximum absolute atomic E-state index is 12.9. The third-order valence-electron chi connectivity index (χ3n) is 4.38. The van der Waals surface area contributed by atoms with Gasteiger partial charge in [-0.1, -0.05) is 66.7 Å². The second-order valence-corrected chi connectivity index (χ2v) is 6.62. The molecule has 3 rings (SSSR count). The maximum Gasteiger partial charge on any atom is 0.334 e. The summed E-state index contributed by atoms with van der Waals surface area (Å²) < 4.78 is 5.37. The van der Waals surface area contributed by atoms with Crippen LogP contribution in [-0.2, 0) is 14.3 Å². The molecule has 3 aromatic carbocycles. The van der Waals surface area contributed by atoms with Crippen LogP contribution in [-0.4, -0.2) is 23.9 Å². The molecule has 2 amide bonds. The summed E-state index contributed by atoms with van der Waals surface area (Å²) in [5.41, 5.74) is 1.57. The number of carbonyl (C=O) groups excluding carboxylic acids is 3. The van der Waals surface area contributed by atoms with Gasteiger partial charge in [-0.05, 0) is 36.8 Å². The van der Waals surface area contributed by atoms with Crippen LogP contribution in [0.25, 0.3) is 0 Å². The van der Waals surface area contributed by atoms with E-state index in [0.29, 0.717) is 16.8 Å². The summed E-state index contributed by atoms with van der Waals surface area (Å²) in [6.45, 7) is 1.48. The molecule has 30 heavy (non-hydrogen) atoms. The van der Waals surface area contributed by atoms with Crippen LogP contribution in [0.2, 0.25) is 0 Å². The minimum Gasteiger partial charge on any atom is -0.451 e. The van der Waals surface area contributed by atoms with Crippen molar-refractivity contribution < 1.29 is 19.1 Å². The smallest absolute Gasteiger partial charge is 0.334 e. The summed E-state index contributed by atoms with van der Waals surface area (Å²) in [6, 6.07) is 25.2. The van der Waals surface area contributed by atoms with E-state index in [1.165, 1.54) is 6.92 Å². The van der Waals surface area contributed by atoms with Crippen molar-refractivity contribution in [2.24, 2.45) is 0 Å². The Balaban J connectivity index is 1.72. The summed E-state index contributed by atoms with van der Waals surface area (Å²) in [6.07, 6.45) is -1.04. The zero-order valence-corrected chi connectivity index (χ0v) is 16.4. The molecule has 0 unspecified atom stereocenters. The average Bonchev–Trinajstić information content (AvgIpc) is 2.79. The Morgan fingerprint density at radius 3 is 1.90 bits per heavy atom. The molecule has 3 aromatic rings. The standard InChI is InChI=1S/C24H22N2O4/c1-17(22(27)25-20-15-9-4-10-16-20)30-24(29)21(18-11-5-2-6-12-18)26-23(28)19-13-7-3-8-14-19/h2-17,21H,1H3,(H,25,27)(H,26,28)/t17-,21-/m1/s1. The molecule has 6 nitrogen and oxygen atoms in total. The number of hydrogen-bond donors (Lipinski definition) is 2. The molecule has 0 saturated heterocycles. The van der Waals surface area contributed by atoms with E-state index in [0.717, 1.165) is 0 Å². The number of esters is 1. The van der Waals surface area contributed by atoms with Crippen molar-refractivity contribution in [2.75, 3.05) is 5.32 Å². The highest BCUT2D eigenvalue weighted by Crippen LogP contribution is 2.17. The van der Waals surface area contributed by atoms with Crippen molar-refractivity contribution in [3.05, 3.63) is 102 Å². The summed E-state index contributed by atoms with van der Waals surface area (Å²) in [4.78, 5) is 37.8. The lowest BCUT2D eigenvalue weighted by Crippen LogP contribution is -2.38. The maximum atomic E-state index is 12.9. The minimum atomic E-state index is -1.05. The van der Waals surface area contributed by atoms with E-state index in [1.54, 1.807) is 84.9 Å². The molecule has 0 spiro atoms. The molecule has 0 aliphatic carbocycles. The number of anilines is 1. The zero-order valence-electron chi connectivity index (χ0n) is 16.4. The molecular weight excluding hydrogens is 380 g/mol. The van der Waals surface area contributed by atoms with Crippen LogP contribution in [0.3, 0.4) is 0 Å². The van der Waals surface area contributed by atoms with Crippen LogP contribution in [0.5, 0.6) is 0 Å². The van der Waals surface area contributed by atoms with Crippen molar-refractivity contribution in [1.29, 1.82) is 0 Å². The average molecular weight is 402 g/mol. The van der Waals surface area contributed by atoms with Gasteiger partial charge in [0.1, 0.15) is 0 Å². The molecule has 0 aliphatic heterocycles. The normalized spacial score (nSPS) is 12.3. The summed E-state index contributed by atoms with van der Waals surface area (Å²) >= 11 is 0. The largest absolute Gasteiger partial charge is 0.451 e. The second kappa shape index (κ2) is 10.0. The van der Waals surface area contributed by atoms with Crippen LogP contribution in [0.1, 0.15) is 28.9 Å². The van der Waals surface area contributed by atoms with Gasteiger partial charge >= 0.3 is 5.97 Å². The number of nitrogens with one attached hydrogen (secondary N) is 2. The van der Waals surface area contributed by atoms with E-state index in [2.05, 4.69) is 10.6 Å². The number of amides is 2. The number of para-hydroxylation sites is 1. The Bertz CT molecular complexity index is 991. The lowest BCUT2D eigenvalue weighted by Gasteiger charge is -2.21. The highest BCUT2D eigenvalue weighted by molar-refractivity contribution is 5.98. The van der Waals surface area contributed by atoms with E-state index in [9.17, 15) is 14.4 Å². The monoisotopic (exact) mass is 402 g/mol. The Labute approximate surface area is 174 Å². The van der Waals surface area contributed by atoms with Gasteiger partial charge in [0.2, 0.25) is 0 Å². The van der Waals surface area contributed by atoms with Gasteiger partial charge in [0.15, 0.2) is 12.1 Å². The molecule has 2 N–H and O–H groups in total. The van der Waals surface area contributed by atoms with Crippen molar-refractivity contribution in [3.8, 4) is 0 Å². The number of hydrogen-bond acceptors (Lipinski definition) is 4. The zero-order chi connectivity index (χ0) is 21.3. The fourth-order valence-corrected chi connectivity index (χ4v) is 2.79. The first-order valence-corrected chi connectivity index (χ1v) is 9.52. The quantitative estimate of drug-likeness (QED) is 0.590. The number of benzene rings is 3. The highest BCUT2D eigenvalue weighted by atomic mass is 16.5. The van der Waals surface area contributed by atoms with Crippen LogP contribution >= 0.6 is 0 Å². The van der Waals surface area contributed by atoms with E-state index < -0.39 is 29.9 Å². The van der Waals surface area contributed by atoms with Gasteiger partial charge in [-0.25, -0.2) is 4.79 Å². The molecular formula is C24H22N2O4. The molecule has 0 aliphatic rings. The molecule has 0 saturated carbocycles. The predicted molar refractivity (Wildman–Crippen MR) is 114 cm³/mol. The lowest BCUT2D eigenvalue weighted by atomic mass is 10.1. The first-order chi connectivity index (χ1) is 14.5. The molecule has 152 valence electrons. The van der Waals surface area contributed by atoms with Gasteiger partial charge in [0.05, 0.1) is 0 Å². The Hall–Kier alpha value is -3.93. The van der Waals surface area contributed by atoms with Gasteiger partial charge in [-0.15, -0.1) is 0 Å². The van der Waals surface area contributed by atoms with Crippen molar-refractivity contribution in [2.45, 2.75) is 19.1 Å². The molecule has 0 aromatic heterocycles. The van der Waals surface area contributed by atoms with E-state index in [1.807, 2.05) is 6.07 Å². The Morgan fingerprint density at radius 1 is 0.767 bits per heavy atom. The second-order valence-electron chi connectivity index (χ2n) is 6.62. The lowest BCUT2D eigenvalue weighted by molar-refractivity contribution is -0.155. The SMILES string of the molecule is C[C@@H](OC(=O)[C@H](NC(=O)c1ccccc1)c1ccccc1)C(=O)Nc1ccccc1. The molecule has 0 radical (unpaired) electrons. The van der Waals surface area contributed by atoms with Gasteiger partial charge < -0.3 is 15.4 Å². The number of ether oxygens (including phenoxy) is 1. The molecule has 2 atom stereocenters. The molecule has 0 heterocycles. The fraction of sp³-hybridized carbons (Fsp3) is 0.125. The van der Waals surface area contributed by atoms with Crippen LogP contribution in [0, 0.1) is 0 Å². The van der Waals surface area contributed by atoms with Gasteiger partial charge in [-0.3, -0.25) is 9.59 Å². The first kappa shape index (κ1) is 20.8. The number of carbonyl (C=O) groups is 3. The van der Waals surface area contributed by atoms with E-state index >= 15 is 0 Å². The van der Waals surface area contributed by atoms with Gasteiger partial charge in [-0.2, -0.15) is 0 Å². The van der Waals surface area contributed by atoms with Gasteiger partial charge in [0, 0.05) is 11.3 Å². The minimum absolute atomic E-state index is 0.414. The number of rotatable bonds is 7. The Morgan fingerprint density at radius 2 is 1.30 bits per heavy atom. The molecule has 0 bridgehead atoms. The first-order valence-electron chi connectivity index (χ1n) is 9.52. The summed E-state index contributed by atoms with van der Waals surface area (Å²) in [7, 11) is 0. The van der Waals surface area contributed by atoms with Crippen LogP contribution in [0.4, 0.5) is 5.69 Å². The van der Waals surface area contributed by atoms with E-state index in [-0.39, 0.29) is 0 Å². The third kappa shape index (κ3) is 5.54. The molecule has 0 fully saturated rings. The van der Waals surface area contributed by atoms with Crippen LogP contribution < -0.4 is 10.6 Å². The Kier molecular flexibility index (Phi) is 6.95. The van der Waals surface area contributed by atoms with Crippen molar-refractivity contribution in [3.63, 3.8) is 0 Å². The highest BCUT2D eigenvalue weighted by Gasteiger charge is 2.28. The third-order valence-corrected chi connectivity index (χ3v) is 4.38. The summed E-state index contributed by atoms with van der Waals surface area (Å²) in [5, 5.41) is 5.39.